The maximum atomic E-state index is 12.2. The van der Waals surface area contributed by atoms with Crippen LogP contribution in [0.3, 0.4) is 0 Å². The van der Waals surface area contributed by atoms with Gasteiger partial charge in [-0.2, -0.15) is 5.26 Å². The first kappa shape index (κ1) is 18.0. The molecule has 4 heteroatoms. The highest BCUT2D eigenvalue weighted by molar-refractivity contribution is 5.81. The van der Waals surface area contributed by atoms with Crippen LogP contribution in [0, 0.1) is 31.1 Å². The molecule has 0 N–H and O–H groups in total. The van der Waals surface area contributed by atoms with Gasteiger partial charge in [0.1, 0.15) is 11.7 Å². The summed E-state index contributed by atoms with van der Waals surface area (Å²) in [6, 6.07) is 8.22. The molecule has 0 saturated carbocycles. The molecule has 0 aliphatic carbocycles. The monoisotopic (exact) mass is 302 g/mol. The summed E-state index contributed by atoms with van der Waals surface area (Å²) in [5.41, 5.74) is 2.26. The van der Waals surface area contributed by atoms with E-state index in [1.165, 1.54) is 0 Å². The molecular formula is C18H26N2O2. The third-order valence-electron chi connectivity index (χ3n) is 3.77. The molecule has 4 nitrogen and oxygen atoms in total. The lowest BCUT2D eigenvalue weighted by Crippen LogP contribution is -2.35. The Morgan fingerprint density at radius 1 is 1.32 bits per heavy atom. The second kappa shape index (κ2) is 9.09. The second-order valence-electron chi connectivity index (χ2n) is 5.45. The number of hydrogen-bond acceptors (Lipinski definition) is 3. The lowest BCUT2D eigenvalue weighted by molar-refractivity contribution is -0.133. The Kier molecular flexibility index (Phi) is 7.45. The summed E-state index contributed by atoms with van der Waals surface area (Å²) >= 11 is 0. The second-order valence-corrected chi connectivity index (χ2v) is 5.45. The first-order valence-corrected chi connectivity index (χ1v) is 7.91. The average Bonchev–Trinajstić information content (AvgIpc) is 2.51. The molecule has 0 aliphatic rings. The van der Waals surface area contributed by atoms with E-state index < -0.39 is 5.92 Å². The van der Waals surface area contributed by atoms with E-state index in [1.54, 1.807) is 4.90 Å². The highest BCUT2D eigenvalue weighted by Gasteiger charge is 2.21. The molecule has 0 aromatic heterocycles. The van der Waals surface area contributed by atoms with Crippen LogP contribution in [0.2, 0.25) is 0 Å². The van der Waals surface area contributed by atoms with Crippen molar-refractivity contribution in [2.24, 2.45) is 5.92 Å². The molecule has 0 spiro atoms. The van der Waals surface area contributed by atoms with E-state index in [-0.39, 0.29) is 5.91 Å². The van der Waals surface area contributed by atoms with Gasteiger partial charge in [-0.25, -0.2) is 0 Å². The van der Waals surface area contributed by atoms with Gasteiger partial charge in [-0.15, -0.1) is 0 Å². The molecule has 1 rings (SSSR count). The van der Waals surface area contributed by atoms with Crippen LogP contribution >= 0.6 is 0 Å². The molecule has 1 aromatic rings. The van der Waals surface area contributed by atoms with Crippen molar-refractivity contribution in [3.8, 4) is 11.8 Å². The number of hydrogen-bond donors (Lipinski definition) is 0. The van der Waals surface area contributed by atoms with Gasteiger partial charge in [0.2, 0.25) is 5.91 Å². The molecule has 120 valence electrons. The Morgan fingerprint density at radius 2 is 2.00 bits per heavy atom. The van der Waals surface area contributed by atoms with Crippen molar-refractivity contribution >= 4 is 5.91 Å². The Bertz CT molecular complexity index is 530. The molecule has 1 aromatic carbocycles. The number of rotatable bonds is 8. The number of amides is 1. The van der Waals surface area contributed by atoms with Crippen LogP contribution in [-0.2, 0) is 4.79 Å². The van der Waals surface area contributed by atoms with E-state index in [4.69, 9.17) is 4.74 Å². The number of ether oxygens (including phenoxy) is 1. The number of nitriles is 1. The highest BCUT2D eigenvalue weighted by atomic mass is 16.5. The molecule has 0 radical (unpaired) electrons. The van der Waals surface area contributed by atoms with Gasteiger partial charge in [0.05, 0.1) is 12.7 Å². The first-order chi connectivity index (χ1) is 10.5. The number of nitrogens with zero attached hydrogens (tertiary/aromatic N) is 2. The zero-order chi connectivity index (χ0) is 16.5. The fourth-order valence-corrected chi connectivity index (χ4v) is 2.33. The van der Waals surface area contributed by atoms with Crippen LogP contribution < -0.4 is 4.74 Å². The Morgan fingerprint density at radius 3 is 2.59 bits per heavy atom. The van der Waals surface area contributed by atoms with Gasteiger partial charge in [-0.1, -0.05) is 12.1 Å². The van der Waals surface area contributed by atoms with Crippen molar-refractivity contribution in [1.82, 2.24) is 4.90 Å². The van der Waals surface area contributed by atoms with Gasteiger partial charge in [0.25, 0.3) is 0 Å². The van der Waals surface area contributed by atoms with Gasteiger partial charge in [0.15, 0.2) is 0 Å². The van der Waals surface area contributed by atoms with E-state index in [1.807, 2.05) is 39.8 Å². The van der Waals surface area contributed by atoms with Gasteiger partial charge >= 0.3 is 0 Å². The van der Waals surface area contributed by atoms with Crippen molar-refractivity contribution in [3.63, 3.8) is 0 Å². The summed E-state index contributed by atoms with van der Waals surface area (Å²) in [5.74, 6) is 0.241. The normalized spacial score (nSPS) is 11.6. The molecule has 0 heterocycles. The van der Waals surface area contributed by atoms with E-state index in [9.17, 15) is 10.1 Å². The van der Waals surface area contributed by atoms with Crippen molar-refractivity contribution in [1.29, 1.82) is 5.26 Å². The minimum absolute atomic E-state index is 0.0702. The summed E-state index contributed by atoms with van der Waals surface area (Å²) in [4.78, 5) is 13.9. The van der Waals surface area contributed by atoms with Crippen molar-refractivity contribution in [3.05, 3.63) is 29.3 Å². The maximum Gasteiger partial charge on any atom is 0.239 e. The van der Waals surface area contributed by atoms with Gasteiger partial charge in [-0.3, -0.25) is 4.79 Å². The Labute approximate surface area is 133 Å². The third kappa shape index (κ3) is 5.07. The number of carbonyl (C=O) groups excluding carboxylic acids is 1. The number of carbonyl (C=O) groups is 1. The summed E-state index contributed by atoms with van der Waals surface area (Å²) in [6.45, 7) is 9.71. The summed E-state index contributed by atoms with van der Waals surface area (Å²) in [6.07, 6.45) is 1.23. The van der Waals surface area contributed by atoms with E-state index in [0.29, 0.717) is 32.5 Å². The zero-order valence-corrected chi connectivity index (χ0v) is 14.1. The lowest BCUT2D eigenvalue weighted by Gasteiger charge is -2.21. The predicted octanol–water partition coefficient (Wildman–Crippen LogP) is 3.47. The quantitative estimate of drug-likeness (QED) is 0.691. The van der Waals surface area contributed by atoms with E-state index >= 15 is 0 Å². The maximum absolute atomic E-state index is 12.2. The average molecular weight is 302 g/mol. The van der Waals surface area contributed by atoms with Crippen LogP contribution in [0.4, 0.5) is 0 Å². The minimum atomic E-state index is -0.567. The smallest absolute Gasteiger partial charge is 0.239 e. The molecule has 0 fully saturated rings. The molecule has 0 aliphatic heterocycles. The molecule has 1 atom stereocenters. The third-order valence-corrected chi connectivity index (χ3v) is 3.77. The lowest BCUT2D eigenvalue weighted by atomic mass is 10.0. The summed E-state index contributed by atoms with van der Waals surface area (Å²) in [7, 11) is 0. The van der Waals surface area contributed by atoms with Crippen LogP contribution in [0.5, 0.6) is 5.75 Å². The molecule has 1 unspecified atom stereocenters. The van der Waals surface area contributed by atoms with Gasteiger partial charge in [-0.05, 0) is 57.7 Å². The van der Waals surface area contributed by atoms with Gasteiger partial charge in [0, 0.05) is 13.1 Å². The first-order valence-electron chi connectivity index (χ1n) is 7.91. The van der Waals surface area contributed by atoms with E-state index in [0.717, 1.165) is 16.9 Å². The van der Waals surface area contributed by atoms with Crippen molar-refractivity contribution < 1.29 is 9.53 Å². The largest absolute Gasteiger partial charge is 0.493 e. The van der Waals surface area contributed by atoms with Crippen LogP contribution in [-0.4, -0.2) is 30.5 Å². The fraction of sp³-hybridized carbons (Fsp3) is 0.556. The molecule has 1 amide bonds. The van der Waals surface area contributed by atoms with Crippen molar-refractivity contribution in [2.45, 2.75) is 40.5 Å². The number of benzene rings is 1. The minimum Gasteiger partial charge on any atom is -0.493 e. The van der Waals surface area contributed by atoms with Crippen LogP contribution in [0.1, 0.15) is 37.8 Å². The van der Waals surface area contributed by atoms with Crippen LogP contribution in [0.15, 0.2) is 18.2 Å². The predicted molar refractivity (Wildman–Crippen MR) is 87.7 cm³/mol. The molecule has 0 saturated heterocycles. The van der Waals surface area contributed by atoms with Gasteiger partial charge < -0.3 is 9.64 Å². The van der Waals surface area contributed by atoms with E-state index in [2.05, 4.69) is 12.1 Å². The van der Waals surface area contributed by atoms with Crippen LogP contribution in [0.25, 0.3) is 0 Å². The summed E-state index contributed by atoms with van der Waals surface area (Å²) in [5, 5.41) is 9.19. The SMILES string of the molecule is CCN(CC)C(=O)C(C#N)CCCOc1cc(C)ccc1C. The summed E-state index contributed by atoms with van der Waals surface area (Å²) < 4.78 is 5.77. The zero-order valence-electron chi connectivity index (χ0n) is 14.1. The Hall–Kier alpha value is -2.02. The standard InChI is InChI=1S/C18H26N2O2/c1-5-20(6-2)18(21)16(13-19)8-7-11-22-17-12-14(3)9-10-15(17)4/h9-10,12,16H,5-8,11H2,1-4H3. The molecular weight excluding hydrogens is 276 g/mol. The van der Waals surface area contributed by atoms with Crippen molar-refractivity contribution in [2.75, 3.05) is 19.7 Å². The molecule has 22 heavy (non-hydrogen) atoms. The Balaban J connectivity index is 2.47. The number of aryl methyl sites for hydroxylation is 2. The highest BCUT2D eigenvalue weighted by Crippen LogP contribution is 2.20. The topological polar surface area (TPSA) is 53.3 Å². The fourth-order valence-electron chi connectivity index (χ4n) is 2.33. The molecule has 0 bridgehead atoms.